The molecule has 3 unspecified atom stereocenters. The molecule has 4 nitrogen and oxygen atoms in total. The molecule has 2 bridgehead atoms. The average Bonchev–Trinajstić information content (AvgIpc) is 3.04. The third kappa shape index (κ3) is 1.93. The van der Waals surface area contributed by atoms with Crippen LogP contribution >= 0.6 is 15.9 Å². The molecule has 1 aromatic heterocycles. The van der Waals surface area contributed by atoms with Gasteiger partial charge in [-0.15, -0.1) is 0 Å². The molecule has 3 atom stereocenters. The van der Waals surface area contributed by atoms with Crippen LogP contribution in [0.2, 0.25) is 0 Å². The van der Waals surface area contributed by atoms with Crippen molar-refractivity contribution in [2.45, 2.75) is 51.4 Å². The first kappa shape index (κ1) is 12.4. The summed E-state index contributed by atoms with van der Waals surface area (Å²) in [7, 11) is 0. The van der Waals surface area contributed by atoms with Gasteiger partial charge in [0, 0.05) is 6.54 Å². The topological polar surface area (TPSA) is 44.1 Å². The van der Waals surface area contributed by atoms with Crippen molar-refractivity contribution in [1.82, 2.24) is 9.78 Å². The summed E-state index contributed by atoms with van der Waals surface area (Å²) in [5.41, 5.74) is 0.720. The summed E-state index contributed by atoms with van der Waals surface area (Å²) < 4.78 is 8.40. The van der Waals surface area contributed by atoms with E-state index in [2.05, 4.69) is 28.0 Å². The van der Waals surface area contributed by atoms with Crippen LogP contribution in [0.15, 0.2) is 10.7 Å². The maximum Gasteiger partial charge on any atom is 0.187 e. The lowest BCUT2D eigenvalue weighted by atomic mass is 9.85. The Morgan fingerprint density at radius 1 is 1.61 bits per heavy atom. The molecule has 0 aromatic carbocycles. The zero-order chi connectivity index (χ0) is 12.7. The molecular formula is C13H17BrN2O2. The van der Waals surface area contributed by atoms with E-state index in [1.165, 1.54) is 0 Å². The Balaban J connectivity index is 1.86. The van der Waals surface area contributed by atoms with Gasteiger partial charge in [0.1, 0.15) is 5.69 Å². The number of Topliss-reactive ketones (excluding diaryl/α,β-unsaturated/α-hetero) is 1. The van der Waals surface area contributed by atoms with E-state index in [0.717, 1.165) is 42.4 Å². The summed E-state index contributed by atoms with van der Waals surface area (Å²) >= 11 is 3.44. The fraction of sp³-hybridized carbons (Fsp3) is 0.692. The lowest BCUT2D eigenvalue weighted by Crippen LogP contribution is -2.27. The average molecular weight is 313 g/mol. The van der Waals surface area contributed by atoms with Gasteiger partial charge >= 0.3 is 0 Å². The van der Waals surface area contributed by atoms with Crippen molar-refractivity contribution in [3.8, 4) is 0 Å². The molecule has 0 radical (unpaired) electrons. The highest BCUT2D eigenvalue weighted by molar-refractivity contribution is 9.10. The molecule has 0 spiro atoms. The van der Waals surface area contributed by atoms with E-state index in [1.54, 1.807) is 6.20 Å². The molecule has 3 heterocycles. The van der Waals surface area contributed by atoms with Crippen molar-refractivity contribution < 1.29 is 9.53 Å². The third-order valence-electron chi connectivity index (χ3n) is 3.91. The van der Waals surface area contributed by atoms with Crippen LogP contribution < -0.4 is 0 Å². The van der Waals surface area contributed by atoms with Gasteiger partial charge in [0.2, 0.25) is 0 Å². The van der Waals surface area contributed by atoms with Crippen LogP contribution in [0.3, 0.4) is 0 Å². The summed E-state index contributed by atoms with van der Waals surface area (Å²) in [6, 6.07) is 0. The number of fused-ring (bicyclic) bond motifs is 2. The molecule has 0 amide bonds. The lowest BCUT2D eigenvalue weighted by Gasteiger charge is -2.18. The van der Waals surface area contributed by atoms with E-state index in [9.17, 15) is 4.79 Å². The van der Waals surface area contributed by atoms with Crippen molar-refractivity contribution in [1.29, 1.82) is 0 Å². The molecule has 1 aromatic rings. The van der Waals surface area contributed by atoms with Crippen LogP contribution in [-0.4, -0.2) is 27.8 Å². The van der Waals surface area contributed by atoms with Crippen molar-refractivity contribution >= 4 is 21.7 Å². The molecule has 98 valence electrons. The number of ether oxygens (including phenoxy) is 1. The fourth-order valence-electron chi connectivity index (χ4n) is 3.08. The normalized spacial score (nSPS) is 30.0. The van der Waals surface area contributed by atoms with E-state index < -0.39 is 0 Å². The largest absolute Gasteiger partial charge is 0.374 e. The monoisotopic (exact) mass is 312 g/mol. The predicted molar refractivity (Wildman–Crippen MR) is 70.6 cm³/mol. The summed E-state index contributed by atoms with van der Waals surface area (Å²) in [4.78, 5) is 12.6. The van der Waals surface area contributed by atoms with Crippen molar-refractivity contribution in [2.24, 2.45) is 5.92 Å². The molecular weight excluding hydrogens is 296 g/mol. The van der Waals surface area contributed by atoms with Gasteiger partial charge in [0.15, 0.2) is 5.78 Å². The number of halogens is 1. The predicted octanol–water partition coefficient (Wildman–Crippen LogP) is 2.81. The Morgan fingerprint density at radius 3 is 3.06 bits per heavy atom. The molecule has 2 aliphatic heterocycles. The number of hydrogen-bond donors (Lipinski definition) is 0. The summed E-state index contributed by atoms with van der Waals surface area (Å²) in [6.07, 6.45) is 6.17. The second-order valence-electron chi connectivity index (χ2n) is 5.14. The standard InChI is InChI=1S/C13H17BrN2O2/c1-2-5-16-12(10(14)7-15-16)13(17)9-6-8-3-4-11(9)18-8/h7-9,11H,2-6H2,1H3. The number of nitrogens with zero attached hydrogens (tertiary/aromatic N) is 2. The first-order valence-electron chi connectivity index (χ1n) is 6.61. The minimum atomic E-state index is 0.0346. The number of ketones is 1. The highest BCUT2D eigenvalue weighted by atomic mass is 79.9. The summed E-state index contributed by atoms with van der Waals surface area (Å²) in [6.45, 7) is 2.87. The number of aromatic nitrogens is 2. The van der Waals surface area contributed by atoms with Crippen molar-refractivity contribution in [3.63, 3.8) is 0 Å². The van der Waals surface area contributed by atoms with E-state index >= 15 is 0 Å². The Hall–Kier alpha value is -0.680. The molecule has 3 rings (SSSR count). The van der Waals surface area contributed by atoms with E-state index in [1.807, 2.05) is 4.68 Å². The maximum absolute atomic E-state index is 12.6. The van der Waals surface area contributed by atoms with E-state index in [4.69, 9.17) is 4.74 Å². The fourth-order valence-corrected chi connectivity index (χ4v) is 3.57. The van der Waals surface area contributed by atoms with Crippen LogP contribution in [0.25, 0.3) is 0 Å². The van der Waals surface area contributed by atoms with Crippen LogP contribution in [0.5, 0.6) is 0 Å². The van der Waals surface area contributed by atoms with E-state index in [0.29, 0.717) is 6.10 Å². The van der Waals surface area contributed by atoms with Gasteiger partial charge in [-0.3, -0.25) is 9.48 Å². The Morgan fingerprint density at radius 2 is 2.44 bits per heavy atom. The molecule has 2 aliphatic rings. The zero-order valence-corrected chi connectivity index (χ0v) is 12.0. The molecule has 18 heavy (non-hydrogen) atoms. The summed E-state index contributed by atoms with van der Waals surface area (Å²) in [5, 5.41) is 4.27. The van der Waals surface area contributed by atoms with Gasteiger partial charge in [-0.05, 0) is 41.6 Å². The van der Waals surface area contributed by atoms with Gasteiger partial charge in [0.25, 0.3) is 0 Å². The quantitative estimate of drug-likeness (QED) is 0.803. The molecule has 0 N–H and O–H groups in total. The van der Waals surface area contributed by atoms with Gasteiger partial charge in [-0.2, -0.15) is 5.10 Å². The third-order valence-corrected chi connectivity index (χ3v) is 4.49. The molecule has 2 fully saturated rings. The second-order valence-corrected chi connectivity index (χ2v) is 6.00. The molecule has 0 saturated carbocycles. The summed E-state index contributed by atoms with van der Waals surface area (Å²) in [5.74, 6) is 0.229. The minimum Gasteiger partial charge on any atom is -0.374 e. The van der Waals surface area contributed by atoms with Gasteiger partial charge < -0.3 is 4.74 Å². The highest BCUT2D eigenvalue weighted by Crippen LogP contribution is 2.40. The van der Waals surface area contributed by atoms with Crippen LogP contribution in [0.1, 0.15) is 43.1 Å². The number of carbonyl (C=O) groups is 1. The Labute approximate surface area is 115 Å². The minimum absolute atomic E-state index is 0.0346. The van der Waals surface area contributed by atoms with Gasteiger partial charge in [0.05, 0.1) is 28.8 Å². The molecule has 0 aliphatic carbocycles. The first-order valence-corrected chi connectivity index (χ1v) is 7.41. The van der Waals surface area contributed by atoms with Crippen molar-refractivity contribution in [3.05, 3.63) is 16.4 Å². The van der Waals surface area contributed by atoms with Crippen LogP contribution in [0.4, 0.5) is 0 Å². The van der Waals surface area contributed by atoms with Crippen molar-refractivity contribution in [2.75, 3.05) is 0 Å². The molecule has 5 heteroatoms. The number of rotatable bonds is 4. The zero-order valence-electron chi connectivity index (χ0n) is 10.4. The maximum atomic E-state index is 12.6. The Kier molecular flexibility index (Phi) is 3.28. The van der Waals surface area contributed by atoms with Gasteiger partial charge in [-0.1, -0.05) is 6.92 Å². The SMILES string of the molecule is CCCn1ncc(Br)c1C(=O)C1CC2CCC1O2. The van der Waals surface area contributed by atoms with Crippen LogP contribution in [0, 0.1) is 5.92 Å². The first-order chi connectivity index (χ1) is 8.70. The molecule has 2 saturated heterocycles. The number of hydrogen-bond acceptors (Lipinski definition) is 3. The lowest BCUT2D eigenvalue weighted by molar-refractivity contribution is 0.0734. The van der Waals surface area contributed by atoms with Gasteiger partial charge in [-0.25, -0.2) is 0 Å². The second kappa shape index (κ2) is 4.78. The Bertz CT molecular complexity index is 472. The highest BCUT2D eigenvalue weighted by Gasteiger charge is 2.45. The van der Waals surface area contributed by atoms with Crippen LogP contribution in [-0.2, 0) is 11.3 Å². The number of aryl methyl sites for hydroxylation is 1. The smallest absolute Gasteiger partial charge is 0.187 e. The number of carbonyl (C=O) groups excluding carboxylic acids is 1. The van der Waals surface area contributed by atoms with E-state index in [-0.39, 0.29) is 17.8 Å².